The maximum absolute atomic E-state index is 11.3. The molecule has 0 fully saturated rings. The molecule has 0 aromatic carbocycles. The Morgan fingerprint density at radius 1 is 1.79 bits per heavy atom. The fourth-order valence-corrected chi connectivity index (χ4v) is 1.18. The third-order valence-electron chi connectivity index (χ3n) is 2.16. The number of nitrogens with two attached hydrogens (primary N) is 1. The Morgan fingerprint density at radius 3 is 2.93 bits per heavy atom. The summed E-state index contributed by atoms with van der Waals surface area (Å²) >= 11 is 0. The van der Waals surface area contributed by atoms with Crippen molar-refractivity contribution in [2.75, 3.05) is 12.8 Å². The second-order valence-corrected chi connectivity index (χ2v) is 3.15. The number of hydrogen-bond acceptors (Lipinski definition) is 4. The van der Waals surface area contributed by atoms with E-state index in [1.54, 1.807) is 4.68 Å². The highest BCUT2D eigenvalue weighted by Gasteiger charge is 2.17. The van der Waals surface area contributed by atoms with Crippen LogP contribution in [0.15, 0.2) is 6.07 Å². The standard InChI is InChI=1S/C9H15N3O2/c1-4-6(2)12-7(9(13)14-3)5-8(10)11-12/h5-6H,4H2,1-3H3,(H2,10,11). The lowest BCUT2D eigenvalue weighted by atomic mass is 10.2. The van der Waals surface area contributed by atoms with Crippen LogP contribution in [0.4, 0.5) is 5.82 Å². The third-order valence-corrected chi connectivity index (χ3v) is 2.16. The SMILES string of the molecule is CCC(C)n1nc(N)cc1C(=O)OC. The minimum absolute atomic E-state index is 0.140. The van der Waals surface area contributed by atoms with E-state index in [1.807, 2.05) is 13.8 Å². The van der Waals surface area contributed by atoms with Crippen LogP contribution in [0.5, 0.6) is 0 Å². The van der Waals surface area contributed by atoms with E-state index in [-0.39, 0.29) is 6.04 Å². The van der Waals surface area contributed by atoms with Crippen molar-refractivity contribution in [3.8, 4) is 0 Å². The van der Waals surface area contributed by atoms with Gasteiger partial charge in [0.05, 0.1) is 7.11 Å². The Bertz CT molecular complexity index is 333. The summed E-state index contributed by atoms with van der Waals surface area (Å²) in [5.74, 6) is -0.0693. The lowest BCUT2D eigenvalue weighted by molar-refractivity contribution is 0.0583. The number of carbonyl (C=O) groups is 1. The van der Waals surface area contributed by atoms with Gasteiger partial charge in [-0.05, 0) is 13.3 Å². The Hall–Kier alpha value is -1.52. The Kier molecular flexibility index (Phi) is 3.11. The maximum Gasteiger partial charge on any atom is 0.356 e. The molecule has 14 heavy (non-hydrogen) atoms. The second kappa shape index (κ2) is 4.13. The second-order valence-electron chi connectivity index (χ2n) is 3.15. The molecule has 5 nitrogen and oxygen atoms in total. The summed E-state index contributed by atoms with van der Waals surface area (Å²) in [5.41, 5.74) is 5.93. The fourth-order valence-electron chi connectivity index (χ4n) is 1.18. The summed E-state index contributed by atoms with van der Waals surface area (Å²) in [5, 5.41) is 4.04. The number of nitrogen functional groups attached to an aromatic ring is 1. The Labute approximate surface area is 82.8 Å². The first-order valence-corrected chi connectivity index (χ1v) is 4.53. The summed E-state index contributed by atoms with van der Waals surface area (Å²) in [4.78, 5) is 11.3. The topological polar surface area (TPSA) is 70.1 Å². The molecule has 0 saturated heterocycles. The van der Waals surface area contributed by atoms with E-state index in [2.05, 4.69) is 9.84 Å². The number of nitrogens with zero attached hydrogens (tertiary/aromatic N) is 2. The number of hydrogen-bond donors (Lipinski definition) is 1. The molecule has 0 aliphatic rings. The minimum Gasteiger partial charge on any atom is -0.464 e. The van der Waals surface area contributed by atoms with Gasteiger partial charge in [-0.15, -0.1) is 0 Å². The van der Waals surface area contributed by atoms with Crippen molar-refractivity contribution in [2.45, 2.75) is 26.3 Å². The molecule has 2 N–H and O–H groups in total. The lowest BCUT2D eigenvalue weighted by Gasteiger charge is -2.11. The predicted molar refractivity (Wildman–Crippen MR) is 53.0 cm³/mol. The van der Waals surface area contributed by atoms with E-state index in [9.17, 15) is 4.79 Å². The van der Waals surface area contributed by atoms with Gasteiger partial charge in [-0.25, -0.2) is 4.79 Å². The summed E-state index contributed by atoms with van der Waals surface area (Å²) in [7, 11) is 1.34. The Balaban J connectivity index is 3.08. The summed E-state index contributed by atoms with van der Waals surface area (Å²) in [6.07, 6.45) is 0.880. The van der Waals surface area contributed by atoms with Crippen LogP contribution in [0.25, 0.3) is 0 Å². The zero-order valence-electron chi connectivity index (χ0n) is 8.65. The largest absolute Gasteiger partial charge is 0.464 e. The normalized spacial score (nSPS) is 12.5. The minimum atomic E-state index is -0.408. The molecule has 1 rings (SSSR count). The predicted octanol–water partition coefficient (Wildman–Crippen LogP) is 1.22. The van der Waals surface area contributed by atoms with Gasteiger partial charge >= 0.3 is 5.97 Å². The van der Waals surface area contributed by atoms with Crippen LogP contribution in [0.2, 0.25) is 0 Å². The van der Waals surface area contributed by atoms with E-state index >= 15 is 0 Å². The van der Waals surface area contributed by atoms with Crippen LogP contribution in [0.3, 0.4) is 0 Å². The van der Waals surface area contributed by atoms with Gasteiger partial charge < -0.3 is 10.5 Å². The molecular weight excluding hydrogens is 182 g/mol. The number of ether oxygens (including phenoxy) is 1. The number of rotatable bonds is 3. The van der Waals surface area contributed by atoms with Crippen molar-refractivity contribution in [1.82, 2.24) is 9.78 Å². The van der Waals surface area contributed by atoms with Gasteiger partial charge in [0.25, 0.3) is 0 Å². The average Bonchev–Trinajstić information content (AvgIpc) is 2.58. The van der Waals surface area contributed by atoms with Gasteiger partial charge in [0.1, 0.15) is 11.5 Å². The van der Waals surface area contributed by atoms with Crippen LogP contribution in [0, 0.1) is 0 Å². The first kappa shape index (κ1) is 10.6. The number of aromatic nitrogens is 2. The van der Waals surface area contributed by atoms with Crippen molar-refractivity contribution in [3.63, 3.8) is 0 Å². The molecule has 1 unspecified atom stereocenters. The molecule has 5 heteroatoms. The summed E-state index contributed by atoms with van der Waals surface area (Å²) < 4.78 is 6.23. The zero-order chi connectivity index (χ0) is 10.7. The third kappa shape index (κ3) is 1.86. The molecule has 1 aromatic heterocycles. The van der Waals surface area contributed by atoms with Crippen molar-refractivity contribution in [3.05, 3.63) is 11.8 Å². The van der Waals surface area contributed by atoms with E-state index < -0.39 is 5.97 Å². The first-order chi connectivity index (χ1) is 6.60. The lowest BCUT2D eigenvalue weighted by Crippen LogP contribution is -2.15. The van der Waals surface area contributed by atoms with Gasteiger partial charge in [0.15, 0.2) is 0 Å². The van der Waals surface area contributed by atoms with E-state index in [0.717, 1.165) is 6.42 Å². The number of anilines is 1. The summed E-state index contributed by atoms with van der Waals surface area (Å²) in [6.45, 7) is 3.99. The number of methoxy groups -OCH3 is 1. The highest BCUT2D eigenvalue weighted by molar-refractivity contribution is 5.88. The van der Waals surface area contributed by atoms with Gasteiger partial charge in [-0.2, -0.15) is 5.10 Å². The number of esters is 1. The van der Waals surface area contributed by atoms with Crippen molar-refractivity contribution in [1.29, 1.82) is 0 Å². The molecule has 0 aliphatic carbocycles. The van der Waals surface area contributed by atoms with Gasteiger partial charge in [-0.3, -0.25) is 4.68 Å². The molecule has 0 spiro atoms. The molecule has 78 valence electrons. The first-order valence-electron chi connectivity index (χ1n) is 4.53. The molecule has 0 aliphatic heterocycles. The van der Waals surface area contributed by atoms with E-state index in [0.29, 0.717) is 11.5 Å². The maximum atomic E-state index is 11.3. The van der Waals surface area contributed by atoms with Crippen LogP contribution in [0.1, 0.15) is 36.8 Å². The van der Waals surface area contributed by atoms with Crippen LogP contribution >= 0.6 is 0 Å². The molecular formula is C9H15N3O2. The molecule has 1 aromatic rings. The number of carbonyl (C=O) groups excluding carboxylic acids is 1. The molecule has 1 heterocycles. The highest BCUT2D eigenvalue weighted by atomic mass is 16.5. The van der Waals surface area contributed by atoms with E-state index in [1.165, 1.54) is 13.2 Å². The zero-order valence-corrected chi connectivity index (χ0v) is 8.65. The van der Waals surface area contributed by atoms with Crippen LogP contribution in [-0.4, -0.2) is 22.9 Å². The Morgan fingerprint density at radius 2 is 2.43 bits per heavy atom. The van der Waals surface area contributed by atoms with Crippen molar-refractivity contribution in [2.24, 2.45) is 0 Å². The average molecular weight is 197 g/mol. The van der Waals surface area contributed by atoms with E-state index in [4.69, 9.17) is 5.73 Å². The fraction of sp³-hybridized carbons (Fsp3) is 0.556. The quantitative estimate of drug-likeness (QED) is 0.740. The molecule has 0 saturated carbocycles. The van der Waals surface area contributed by atoms with Gasteiger partial charge in [-0.1, -0.05) is 6.92 Å². The smallest absolute Gasteiger partial charge is 0.356 e. The van der Waals surface area contributed by atoms with Gasteiger partial charge in [0, 0.05) is 12.1 Å². The molecule has 0 bridgehead atoms. The molecule has 0 radical (unpaired) electrons. The van der Waals surface area contributed by atoms with Crippen molar-refractivity contribution >= 4 is 11.8 Å². The van der Waals surface area contributed by atoms with Crippen molar-refractivity contribution < 1.29 is 9.53 Å². The highest BCUT2D eigenvalue weighted by Crippen LogP contribution is 2.16. The summed E-state index contributed by atoms with van der Waals surface area (Å²) in [6, 6.07) is 1.67. The van der Waals surface area contributed by atoms with Crippen LogP contribution in [-0.2, 0) is 4.74 Å². The van der Waals surface area contributed by atoms with Gasteiger partial charge in [0.2, 0.25) is 0 Å². The van der Waals surface area contributed by atoms with Crippen LogP contribution < -0.4 is 5.73 Å². The molecule has 1 atom stereocenters. The molecule has 0 amide bonds. The monoisotopic (exact) mass is 197 g/mol.